The Morgan fingerprint density at radius 3 is 2.21 bits per heavy atom. The number of hydrogen-bond donors (Lipinski definition) is 2. The van der Waals surface area contributed by atoms with E-state index in [4.69, 9.17) is 29.4 Å². The van der Waals surface area contributed by atoms with E-state index in [0.717, 1.165) is 29.7 Å². The van der Waals surface area contributed by atoms with Crippen LogP contribution in [0.25, 0.3) is 10.9 Å². The van der Waals surface area contributed by atoms with Gasteiger partial charge in [0.15, 0.2) is 5.78 Å². The van der Waals surface area contributed by atoms with Crippen molar-refractivity contribution in [2.24, 2.45) is 11.1 Å². The van der Waals surface area contributed by atoms with E-state index in [1.54, 1.807) is 0 Å². The lowest BCUT2D eigenvalue weighted by atomic mass is 9.89. The van der Waals surface area contributed by atoms with Crippen LogP contribution in [0.15, 0.2) is 24.3 Å². The molecule has 0 spiro atoms. The Balaban J connectivity index is 1.51. The van der Waals surface area contributed by atoms with Gasteiger partial charge in [0, 0.05) is 35.8 Å². The normalized spacial score (nSPS) is 11.8. The Labute approximate surface area is 226 Å². The number of aromatic nitrogens is 1. The van der Waals surface area contributed by atoms with Gasteiger partial charge in [-0.15, -0.1) is 0 Å². The second-order valence-electron chi connectivity index (χ2n) is 10.1. The molecule has 0 radical (unpaired) electrons. The van der Waals surface area contributed by atoms with Gasteiger partial charge in [-0.2, -0.15) is 0 Å². The first-order chi connectivity index (χ1) is 18.2. The quantitative estimate of drug-likeness (QED) is 0.149. The summed E-state index contributed by atoms with van der Waals surface area (Å²) in [6.07, 6.45) is 1.06. The molecule has 214 valence electrons. The molecular formula is C28H45N3O7. The van der Waals surface area contributed by atoms with Crippen molar-refractivity contribution < 1.29 is 33.3 Å². The highest BCUT2D eigenvalue weighted by Crippen LogP contribution is 2.26. The van der Waals surface area contributed by atoms with E-state index in [1.807, 2.05) is 52.1 Å². The maximum atomic E-state index is 12.5. The van der Waals surface area contributed by atoms with Crippen LogP contribution in [0.3, 0.4) is 0 Å². The van der Waals surface area contributed by atoms with E-state index in [1.165, 1.54) is 0 Å². The third-order valence-corrected chi connectivity index (χ3v) is 5.68. The smallest absolute Gasteiger partial charge is 0.305 e. The summed E-state index contributed by atoms with van der Waals surface area (Å²) in [4.78, 5) is 29.7. The Hall–Kier alpha value is -2.50. The number of benzene rings is 1. The molecule has 10 heteroatoms. The van der Waals surface area contributed by atoms with E-state index in [-0.39, 0.29) is 18.4 Å². The number of carbonyl (C=O) groups is 2. The third kappa shape index (κ3) is 12.4. The molecule has 0 fully saturated rings. The topological polar surface area (TPSA) is 125 Å². The number of hydrogen-bond acceptors (Lipinski definition) is 9. The molecule has 0 saturated carbocycles. The summed E-state index contributed by atoms with van der Waals surface area (Å²) in [6.45, 7) is 11.3. The maximum Gasteiger partial charge on any atom is 0.305 e. The molecule has 0 atom stereocenters. The van der Waals surface area contributed by atoms with Gasteiger partial charge in [-0.25, -0.2) is 0 Å². The third-order valence-electron chi connectivity index (χ3n) is 5.68. The number of likely N-dealkylation sites (N-methyl/N-ethyl adjacent to an activating group) is 1. The first-order valence-electron chi connectivity index (χ1n) is 13.3. The summed E-state index contributed by atoms with van der Waals surface area (Å²) < 4.78 is 27.0. The van der Waals surface area contributed by atoms with Crippen molar-refractivity contribution in [2.45, 2.75) is 33.6 Å². The van der Waals surface area contributed by atoms with Gasteiger partial charge in [-0.05, 0) is 44.3 Å². The molecular weight excluding hydrogens is 490 g/mol. The van der Waals surface area contributed by atoms with E-state index in [0.29, 0.717) is 71.3 Å². The number of nitrogens with one attached hydrogen (secondary N) is 1. The summed E-state index contributed by atoms with van der Waals surface area (Å²) in [7, 11) is 1.99. The largest absolute Gasteiger partial charge is 0.492 e. The van der Waals surface area contributed by atoms with Crippen molar-refractivity contribution in [2.75, 3.05) is 79.5 Å². The number of fused-ring (bicyclic) bond motifs is 1. The molecule has 1 aromatic heterocycles. The number of carbonyl (C=O) groups excluding carboxylic acids is 2. The zero-order valence-electron chi connectivity index (χ0n) is 23.4. The van der Waals surface area contributed by atoms with E-state index >= 15 is 0 Å². The van der Waals surface area contributed by atoms with Crippen LogP contribution in [0, 0.1) is 5.41 Å². The summed E-state index contributed by atoms with van der Waals surface area (Å²) >= 11 is 0. The van der Waals surface area contributed by atoms with Crippen molar-refractivity contribution in [3.63, 3.8) is 0 Å². The average molecular weight is 536 g/mol. The molecule has 10 nitrogen and oxygen atoms in total. The minimum Gasteiger partial charge on any atom is -0.492 e. The molecule has 1 aromatic carbocycles. The van der Waals surface area contributed by atoms with Crippen LogP contribution < -0.4 is 10.5 Å². The summed E-state index contributed by atoms with van der Waals surface area (Å²) in [6, 6.07) is 7.65. The van der Waals surface area contributed by atoms with Crippen molar-refractivity contribution >= 4 is 22.7 Å². The number of aromatic amines is 1. The van der Waals surface area contributed by atoms with Crippen LogP contribution in [0.1, 0.15) is 44.1 Å². The standard InChI is InChI=1S/C28H45N3O7/c1-28(2,3)27(33)25-21-22-20-23(7-8-24(22)30-25)37-13-11-31(4)10-5-6-26(32)38-19-18-36-17-16-35-15-14-34-12-9-29/h7-8,20-21,30H,5-6,9-19,29H2,1-4H3. The number of rotatable bonds is 20. The number of nitrogens with two attached hydrogens (primary N) is 1. The number of H-pyrrole nitrogens is 1. The molecule has 0 unspecified atom stereocenters. The van der Waals surface area contributed by atoms with Crippen molar-refractivity contribution in [3.8, 4) is 5.75 Å². The first kappa shape index (κ1) is 31.7. The first-order valence-corrected chi connectivity index (χ1v) is 13.3. The molecule has 38 heavy (non-hydrogen) atoms. The summed E-state index contributed by atoms with van der Waals surface area (Å²) in [5.74, 6) is 0.612. The van der Waals surface area contributed by atoms with Crippen LogP contribution in [-0.2, 0) is 23.7 Å². The second-order valence-corrected chi connectivity index (χ2v) is 10.1. The highest BCUT2D eigenvalue weighted by molar-refractivity contribution is 6.02. The Kier molecular flexibility index (Phi) is 14.3. The number of nitrogens with zero attached hydrogens (tertiary/aromatic N) is 1. The zero-order chi connectivity index (χ0) is 27.8. The van der Waals surface area contributed by atoms with Crippen LogP contribution in [0.2, 0.25) is 0 Å². The molecule has 2 rings (SSSR count). The van der Waals surface area contributed by atoms with Gasteiger partial charge in [0.1, 0.15) is 19.0 Å². The molecule has 0 aliphatic heterocycles. The van der Waals surface area contributed by atoms with Gasteiger partial charge < -0.3 is 39.3 Å². The Bertz CT molecular complexity index is 971. The fraction of sp³-hybridized carbons (Fsp3) is 0.643. The molecule has 0 saturated heterocycles. The highest BCUT2D eigenvalue weighted by Gasteiger charge is 2.24. The van der Waals surface area contributed by atoms with Crippen LogP contribution >= 0.6 is 0 Å². The monoisotopic (exact) mass is 535 g/mol. The molecule has 0 aliphatic rings. The van der Waals surface area contributed by atoms with Crippen LogP contribution in [0.5, 0.6) is 5.75 Å². The predicted molar refractivity (Wildman–Crippen MR) is 147 cm³/mol. The molecule has 0 bridgehead atoms. The van der Waals surface area contributed by atoms with E-state index in [2.05, 4.69) is 9.88 Å². The minimum absolute atomic E-state index is 0.0807. The van der Waals surface area contributed by atoms with E-state index in [9.17, 15) is 9.59 Å². The summed E-state index contributed by atoms with van der Waals surface area (Å²) in [5, 5.41) is 0.949. The van der Waals surface area contributed by atoms with Gasteiger partial charge in [0.2, 0.25) is 0 Å². The van der Waals surface area contributed by atoms with Gasteiger partial charge in [-0.3, -0.25) is 9.59 Å². The maximum absolute atomic E-state index is 12.5. The molecule has 0 aliphatic carbocycles. The van der Waals surface area contributed by atoms with Crippen LogP contribution in [0.4, 0.5) is 0 Å². The number of ether oxygens (including phenoxy) is 5. The van der Waals surface area contributed by atoms with Gasteiger partial charge in [-0.1, -0.05) is 20.8 Å². The van der Waals surface area contributed by atoms with Gasteiger partial charge in [0.25, 0.3) is 0 Å². The second kappa shape index (κ2) is 17.2. The molecule has 2 aromatic rings. The molecule has 3 N–H and O–H groups in total. The molecule has 0 amide bonds. The van der Waals surface area contributed by atoms with Crippen molar-refractivity contribution in [3.05, 3.63) is 30.0 Å². The number of Topliss-reactive ketones (excluding diaryl/α,β-unsaturated/α-hetero) is 1. The highest BCUT2D eigenvalue weighted by atomic mass is 16.6. The van der Waals surface area contributed by atoms with Crippen LogP contribution in [-0.4, -0.2) is 101 Å². The lowest BCUT2D eigenvalue weighted by molar-refractivity contribution is -0.145. The lowest BCUT2D eigenvalue weighted by Crippen LogP contribution is -2.26. The number of ketones is 1. The Morgan fingerprint density at radius 2 is 1.55 bits per heavy atom. The number of esters is 1. The predicted octanol–water partition coefficient (Wildman–Crippen LogP) is 3.04. The fourth-order valence-electron chi connectivity index (χ4n) is 3.56. The van der Waals surface area contributed by atoms with Gasteiger partial charge >= 0.3 is 5.97 Å². The van der Waals surface area contributed by atoms with Gasteiger partial charge in [0.05, 0.1) is 45.3 Å². The molecule has 1 heterocycles. The fourth-order valence-corrected chi connectivity index (χ4v) is 3.56. The minimum atomic E-state index is -0.438. The Morgan fingerprint density at radius 1 is 0.895 bits per heavy atom. The SMILES string of the molecule is CN(CCCC(=O)OCCOCCOCCOCCN)CCOc1ccc2[nH]c(C(=O)C(C)(C)C)cc2c1. The van der Waals surface area contributed by atoms with E-state index < -0.39 is 5.41 Å². The average Bonchev–Trinajstić information content (AvgIpc) is 3.29. The van der Waals surface area contributed by atoms with Crippen molar-refractivity contribution in [1.29, 1.82) is 0 Å². The lowest BCUT2D eigenvalue weighted by Gasteiger charge is -2.16. The summed E-state index contributed by atoms with van der Waals surface area (Å²) in [5.41, 5.74) is 6.41. The van der Waals surface area contributed by atoms with Crippen molar-refractivity contribution in [1.82, 2.24) is 9.88 Å². The zero-order valence-corrected chi connectivity index (χ0v) is 23.4.